The van der Waals surface area contributed by atoms with Crippen LogP contribution in [0.1, 0.15) is 6.92 Å². The number of carboxylic acid groups (broad SMARTS) is 1. The first kappa shape index (κ1) is 12.8. The fourth-order valence-electron chi connectivity index (χ4n) is 0.387. The zero-order valence-corrected chi connectivity index (χ0v) is 7.76. The maximum atomic E-state index is 9.89. The van der Waals surface area contributed by atoms with Crippen molar-refractivity contribution < 1.29 is 14.4 Å². The van der Waals surface area contributed by atoms with Gasteiger partial charge in [-0.2, -0.15) is 0 Å². The van der Waals surface area contributed by atoms with E-state index in [9.17, 15) is 9.90 Å². The molecular weight excluding hydrogens is 142 g/mol. The summed E-state index contributed by atoms with van der Waals surface area (Å²) in [7, 11) is 5.40. The summed E-state index contributed by atoms with van der Waals surface area (Å²) in [4.78, 5) is 9.89. The van der Waals surface area contributed by atoms with Crippen molar-refractivity contribution in [1.82, 2.24) is 0 Å². The van der Waals surface area contributed by atoms with Crippen LogP contribution in [0.5, 0.6) is 0 Å². The van der Waals surface area contributed by atoms with Crippen molar-refractivity contribution in [2.75, 3.05) is 27.7 Å². The van der Waals surface area contributed by atoms with Gasteiger partial charge in [0.2, 0.25) is 0 Å². The molecule has 0 aromatic carbocycles. The number of hydrogen-bond acceptors (Lipinski definition) is 2. The maximum Gasteiger partial charge on any atom is 0.118 e. The minimum absolute atomic E-state index is 0.0694. The zero-order valence-electron chi connectivity index (χ0n) is 7.76. The van der Waals surface area contributed by atoms with Crippen LogP contribution in [0.25, 0.3) is 0 Å². The highest BCUT2D eigenvalue weighted by Gasteiger charge is 2.04. The summed E-state index contributed by atoms with van der Waals surface area (Å²) >= 11 is 0. The molecule has 0 saturated carbocycles. The van der Waals surface area contributed by atoms with E-state index in [1.54, 1.807) is 27.2 Å². The van der Waals surface area contributed by atoms with Crippen LogP contribution in [0, 0.1) is 0 Å². The van der Waals surface area contributed by atoms with Gasteiger partial charge in [-0.15, -0.1) is 6.58 Å². The molecule has 0 saturated heterocycles. The summed E-state index contributed by atoms with van der Waals surface area (Å²) in [6.45, 7) is 5.32. The molecule has 0 atom stereocenters. The summed E-state index contributed by atoms with van der Waals surface area (Å²) in [6, 6.07) is 0. The molecule has 0 fully saturated rings. The molecule has 0 aromatic heterocycles. The van der Waals surface area contributed by atoms with E-state index in [1.807, 2.05) is 6.92 Å². The Kier molecular flexibility index (Phi) is 6.89. The molecule has 66 valence electrons. The zero-order chi connectivity index (χ0) is 9.49. The SMILES string of the molecule is C=CC.C[N+](C)(C)CC(=O)[O-]. The van der Waals surface area contributed by atoms with E-state index in [0.717, 1.165) is 0 Å². The minimum Gasteiger partial charge on any atom is -0.544 e. The Morgan fingerprint density at radius 2 is 1.82 bits per heavy atom. The Bertz CT molecular complexity index is 125. The largest absolute Gasteiger partial charge is 0.544 e. The molecule has 0 radical (unpaired) electrons. The van der Waals surface area contributed by atoms with Gasteiger partial charge < -0.3 is 14.4 Å². The smallest absolute Gasteiger partial charge is 0.118 e. The predicted molar refractivity (Wildman–Crippen MR) is 43.8 cm³/mol. The molecule has 0 aliphatic carbocycles. The molecule has 0 amide bonds. The topological polar surface area (TPSA) is 40.1 Å². The molecule has 0 N–H and O–H groups in total. The highest BCUT2D eigenvalue weighted by atomic mass is 16.4. The number of carbonyl (C=O) groups is 1. The predicted octanol–water partition coefficient (Wildman–Crippen LogP) is -0.365. The van der Waals surface area contributed by atoms with Crippen molar-refractivity contribution in [2.45, 2.75) is 6.92 Å². The molecule has 0 aliphatic heterocycles. The second-order valence-corrected chi connectivity index (χ2v) is 3.23. The lowest BCUT2D eigenvalue weighted by molar-refractivity contribution is -0.864. The van der Waals surface area contributed by atoms with E-state index in [1.165, 1.54) is 0 Å². The van der Waals surface area contributed by atoms with E-state index in [0.29, 0.717) is 4.48 Å². The average molecular weight is 159 g/mol. The second kappa shape index (κ2) is 5.92. The van der Waals surface area contributed by atoms with Crippen LogP contribution in [0.2, 0.25) is 0 Å². The Balaban J connectivity index is 0. The van der Waals surface area contributed by atoms with Gasteiger partial charge >= 0.3 is 0 Å². The number of rotatable bonds is 2. The van der Waals surface area contributed by atoms with Gasteiger partial charge in [-0.05, 0) is 6.92 Å². The lowest BCUT2D eigenvalue weighted by Crippen LogP contribution is -2.45. The first-order valence-corrected chi connectivity index (χ1v) is 3.41. The number of likely N-dealkylation sites (N-methyl/N-ethyl adjacent to an activating group) is 1. The van der Waals surface area contributed by atoms with Crippen molar-refractivity contribution in [2.24, 2.45) is 0 Å². The van der Waals surface area contributed by atoms with Gasteiger partial charge in [0.15, 0.2) is 0 Å². The van der Waals surface area contributed by atoms with Gasteiger partial charge in [-0.3, -0.25) is 0 Å². The van der Waals surface area contributed by atoms with Crippen molar-refractivity contribution >= 4 is 5.97 Å². The summed E-state index contributed by atoms with van der Waals surface area (Å²) < 4.78 is 0.419. The van der Waals surface area contributed by atoms with Gasteiger partial charge in [0.25, 0.3) is 0 Å². The molecule has 0 rings (SSSR count). The van der Waals surface area contributed by atoms with Gasteiger partial charge in [-0.25, -0.2) is 0 Å². The average Bonchev–Trinajstić information content (AvgIpc) is 1.57. The Morgan fingerprint density at radius 1 is 1.55 bits per heavy atom. The molecule has 3 heteroatoms. The first-order chi connectivity index (χ1) is 4.83. The van der Waals surface area contributed by atoms with Crippen LogP contribution in [0.4, 0.5) is 0 Å². The minimum atomic E-state index is -1.00. The molecule has 3 nitrogen and oxygen atoms in total. The number of quaternary nitrogens is 1. The third-order valence-corrected chi connectivity index (χ3v) is 0.603. The molecule has 0 heterocycles. The number of aliphatic carboxylic acids is 1. The normalized spacial score (nSPS) is 9.45. The van der Waals surface area contributed by atoms with E-state index < -0.39 is 5.97 Å². The van der Waals surface area contributed by atoms with Crippen LogP contribution < -0.4 is 5.11 Å². The van der Waals surface area contributed by atoms with Crippen molar-refractivity contribution in [3.8, 4) is 0 Å². The summed E-state index contributed by atoms with van der Waals surface area (Å²) in [5.41, 5.74) is 0. The fourth-order valence-corrected chi connectivity index (χ4v) is 0.387. The maximum absolute atomic E-state index is 9.89. The number of carbonyl (C=O) groups excluding carboxylic acids is 1. The van der Waals surface area contributed by atoms with Gasteiger partial charge in [0.05, 0.1) is 27.1 Å². The molecule has 0 spiro atoms. The summed E-state index contributed by atoms with van der Waals surface area (Å²) in [5, 5.41) is 9.89. The van der Waals surface area contributed by atoms with Crippen LogP contribution in [-0.2, 0) is 4.79 Å². The van der Waals surface area contributed by atoms with E-state index in [4.69, 9.17) is 0 Å². The van der Waals surface area contributed by atoms with E-state index in [2.05, 4.69) is 6.58 Å². The van der Waals surface area contributed by atoms with Crippen LogP contribution in [0.3, 0.4) is 0 Å². The summed E-state index contributed by atoms with van der Waals surface area (Å²) in [5.74, 6) is -1.00. The Morgan fingerprint density at radius 3 is 1.82 bits per heavy atom. The van der Waals surface area contributed by atoms with Crippen molar-refractivity contribution in [3.05, 3.63) is 12.7 Å². The van der Waals surface area contributed by atoms with Crippen molar-refractivity contribution in [1.29, 1.82) is 0 Å². The standard InChI is InChI=1S/C5H11NO2.C3H6/c1-6(2,3)4-5(7)8;1-3-2/h4H2,1-3H3;3H,1H2,2H3. The monoisotopic (exact) mass is 159 g/mol. The number of hydrogen-bond donors (Lipinski definition) is 0. The van der Waals surface area contributed by atoms with Gasteiger partial charge in [-0.1, -0.05) is 6.08 Å². The third-order valence-electron chi connectivity index (χ3n) is 0.603. The highest BCUT2D eigenvalue weighted by molar-refractivity contribution is 5.65. The second-order valence-electron chi connectivity index (χ2n) is 3.23. The summed E-state index contributed by atoms with van der Waals surface area (Å²) in [6.07, 6.45) is 1.75. The van der Waals surface area contributed by atoms with Crippen LogP contribution in [-0.4, -0.2) is 38.1 Å². The van der Waals surface area contributed by atoms with Gasteiger partial charge in [0, 0.05) is 0 Å². The third kappa shape index (κ3) is 27.1. The fraction of sp³-hybridized carbons (Fsp3) is 0.625. The van der Waals surface area contributed by atoms with Gasteiger partial charge in [0.1, 0.15) is 6.54 Å². The highest BCUT2D eigenvalue weighted by Crippen LogP contribution is 1.84. The molecule has 11 heavy (non-hydrogen) atoms. The molecule has 0 aromatic rings. The molecular formula is C8H17NO2. The lowest BCUT2D eigenvalue weighted by atomic mass is 10.5. The Hall–Kier alpha value is -0.830. The number of allylic oxidation sites excluding steroid dienone is 1. The Labute approximate surface area is 68.5 Å². The molecule has 0 aliphatic rings. The van der Waals surface area contributed by atoms with Crippen LogP contribution >= 0.6 is 0 Å². The van der Waals surface area contributed by atoms with Crippen molar-refractivity contribution in [3.63, 3.8) is 0 Å². The molecule has 0 bridgehead atoms. The van der Waals surface area contributed by atoms with Crippen LogP contribution in [0.15, 0.2) is 12.7 Å². The number of carboxylic acids is 1. The lowest BCUT2D eigenvalue weighted by Gasteiger charge is -2.23. The van der Waals surface area contributed by atoms with E-state index >= 15 is 0 Å². The van der Waals surface area contributed by atoms with E-state index in [-0.39, 0.29) is 6.54 Å². The molecule has 0 unspecified atom stereocenters. The first-order valence-electron chi connectivity index (χ1n) is 3.41. The number of nitrogens with zero attached hydrogens (tertiary/aromatic N) is 1. The quantitative estimate of drug-likeness (QED) is 0.407.